The molecule has 1 atom stereocenters. The lowest BCUT2D eigenvalue weighted by atomic mass is 10.1. The molecule has 1 aromatic carbocycles. The molecule has 1 rings (SSSR count). The van der Waals surface area contributed by atoms with Gasteiger partial charge in [-0.25, -0.2) is 18.1 Å². The lowest BCUT2D eigenvalue weighted by Crippen LogP contribution is -2.44. The van der Waals surface area contributed by atoms with Crippen molar-refractivity contribution >= 4 is 40.0 Å². The van der Waals surface area contributed by atoms with Gasteiger partial charge in [-0.2, -0.15) is 0 Å². The van der Waals surface area contributed by atoms with Crippen molar-refractivity contribution in [1.82, 2.24) is 15.4 Å². The van der Waals surface area contributed by atoms with E-state index in [0.717, 1.165) is 23.6 Å². The SMILES string of the molecule is CCNC(=NCc1ccccc1CS(=O)(=O)NC(C)C)NC(C)C(C)C.I. The van der Waals surface area contributed by atoms with Gasteiger partial charge in [0, 0.05) is 18.6 Å². The van der Waals surface area contributed by atoms with Gasteiger partial charge in [0.1, 0.15) is 0 Å². The van der Waals surface area contributed by atoms with Crippen molar-refractivity contribution in [2.24, 2.45) is 10.9 Å². The van der Waals surface area contributed by atoms with Crippen LogP contribution in [0, 0.1) is 5.92 Å². The molecule has 0 aliphatic carbocycles. The third kappa shape index (κ3) is 10.3. The first-order valence-electron chi connectivity index (χ1n) is 9.26. The summed E-state index contributed by atoms with van der Waals surface area (Å²) in [7, 11) is -3.37. The van der Waals surface area contributed by atoms with E-state index >= 15 is 0 Å². The van der Waals surface area contributed by atoms with Crippen LogP contribution in [0.4, 0.5) is 0 Å². The number of aliphatic imine (C=N–C) groups is 1. The van der Waals surface area contributed by atoms with Crippen LogP contribution in [0.15, 0.2) is 29.3 Å². The molecule has 0 aliphatic rings. The molecule has 0 aromatic heterocycles. The van der Waals surface area contributed by atoms with Crippen molar-refractivity contribution in [3.8, 4) is 0 Å². The van der Waals surface area contributed by atoms with Gasteiger partial charge in [0.15, 0.2) is 5.96 Å². The van der Waals surface area contributed by atoms with E-state index in [1.807, 2.05) is 45.0 Å². The third-order valence-corrected chi connectivity index (χ3v) is 5.52. The zero-order valence-corrected chi connectivity index (χ0v) is 20.4. The van der Waals surface area contributed by atoms with Crippen LogP contribution in [-0.4, -0.2) is 33.0 Å². The summed E-state index contributed by atoms with van der Waals surface area (Å²) < 4.78 is 27.1. The molecule has 0 fully saturated rings. The van der Waals surface area contributed by atoms with Gasteiger partial charge in [-0.05, 0) is 44.7 Å². The second-order valence-electron chi connectivity index (χ2n) is 7.17. The van der Waals surface area contributed by atoms with Crippen LogP contribution < -0.4 is 15.4 Å². The topological polar surface area (TPSA) is 82.6 Å². The Bertz CT molecular complexity index is 691. The molecular weight excluding hydrogens is 475 g/mol. The number of hydrogen-bond acceptors (Lipinski definition) is 3. The van der Waals surface area contributed by atoms with E-state index in [1.54, 1.807) is 0 Å². The Kier molecular flexibility index (Phi) is 12.2. The van der Waals surface area contributed by atoms with Crippen molar-refractivity contribution < 1.29 is 8.42 Å². The molecular formula is C19H35IN4O2S. The van der Waals surface area contributed by atoms with Gasteiger partial charge >= 0.3 is 0 Å². The van der Waals surface area contributed by atoms with Crippen LogP contribution in [-0.2, 0) is 22.3 Å². The predicted octanol–water partition coefficient (Wildman–Crippen LogP) is 3.23. The molecule has 0 spiro atoms. The molecule has 156 valence electrons. The summed E-state index contributed by atoms with van der Waals surface area (Å²) >= 11 is 0. The molecule has 27 heavy (non-hydrogen) atoms. The predicted molar refractivity (Wildman–Crippen MR) is 125 cm³/mol. The zero-order valence-electron chi connectivity index (χ0n) is 17.2. The molecule has 0 radical (unpaired) electrons. The second-order valence-corrected chi connectivity index (χ2v) is 8.93. The smallest absolute Gasteiger partial charge is 0.216 e. The Morgan fingerprint density at radius 1 is 1.07 bits per heavy atom. The van der Waals surface area contributed by atoms with E-state index in [9.17, 15) is 8.42 Å². The van der Waals surface area contributed by atoms with E-state index in [4.69, 9.17) is 0 Å². The minimum absolute atomic E-state index is 0. The van der Waals surface area contributed by atoms with Gasteiger partial charge in [0.05, 0.1) is 12.3 Å². The van der Waals surface area contributed by atoms with E-state index in [-0.39, 0.29) is 35.8 Å². The van der Waals surface area contributed by atoms with Crippen LogP contribution >= 0.6 is 24.0 Å². The van der Waals surface area contributed by atoms with Crippen LogP contribution in [0.5, 0.6) is 0 Å². The molecule has 6 nitrogen and oxygen atoms in total. The maximum Gasteiger partial charge on any atom is 0.216 e. The quantitative estimate of drug-likeness (QED) is 0.271. The van der Waals surface area contributed by atoms with Crippen molar-refractivity contribution in [2.75, 3.05) is 6.54 Å². The number of sulfonamides is 1. The highest BCUT2D eigenvalue weighted by Gasteiger charge is 2.15. The average Bonchev–Trinajstić information content (AvgIpc) is 2.52. The minimum atomic E-state index is -3.37. The number of benzene rings is 1. The monoisotopic (exact) mass is 510 g/mol. The van der Waals surface area contributed by atoms with Crippen molar-refractivity contribution in [3.63, 3.8) is 0 Å². The number of nitrogens with zero attached hydrogens (tertiary/aromatic N) is 1. The largest absolute Gasteiger partial charge is 0.357 e. The van der Waals surface area contributed by atoms with E-state index < -0.39 is 10.0 Å². The molecule has 0 saturated carbocycles. The first-order chi connectivity index (χ1) is 12.1. The fourth-order valence-electron chi connectivity index (χ4n) is 2.32. The standard InChI is InChI=1S/C19H34N4O2S.HI/c1-7-20-19(22-16(6)14(2)3)21-12-17-10-8-9-11-18(17)13-26(24,25)23-15(4)5;/h8-11,14-16,23H,7,12-13H2,1-6H3,(H2,20,21,22);1H. The number of nitrogens with one attached hydrogen (secondary N) is 3. The summed E-state index contributed by atoms with van der Waals surface area (Å²) in [6, 6.07) is 7.72. The van der Waals surface area contributed by atoms with Crippen molar-refractivity contribution in [1.29, 1.82) is 0 Å². The van der Waals surface area contributed by atoms with Crippen LogP contribution in [0.2, 0.25) is 0 Å². The summed E-state index contributed by atoms with van der Waals surface area (Å²) in [6.07, 6.45) is 0. The molecule has 3 N–H and O–H groups in total. The Morgan fingerprint density at radius 2 is 1.67 bits per heavy atom. The van der Waals surface area contributed by atoms with Crippen molar-refractivity contribution in [3.05, 3.63) is 35.4 Å². The molecule has 1 unspecified atom stereocenters. The number of halogens is 1. The highest BCUT2D eigenvalue weighted by Crippen LogP contribution is 2.14. The summed E-state index contributed by atoms with van der Waals surface area (Å²) in [5.41, 5.74) is 1.69. The van der Waals surface area contributed by atoms with Gasteiger partial charge in [0.2, 0.25) is 10.0 Å². The lowest BCUT2D eigenvalue weighted by Gasteiger charge is -2.21. The normalized spacial score (nSPS) is 13.4. The number of guanidine groups is 1. The number of rotatable bonds is 9. The summed E-state index contributed by atoms with van der Waals surface area (Å²) in [6.45, 7) is 13.3. The molecule has 0 aliphatic heterocycles. The molecule has 0 amide bonds. The molecule has 0 saturated heterocycles. The van der Waals surface area contributed by atoms with Gasteiger partial charge in [-0.3, -0.25) is 0 Å². The van der Waals surface area contributed by atoms with E-state index in [1.165, 1.54) is 0 Å². The molecule has 8 heteroatoms. The lowest BCUT2D eigenvalue weighted by molar-refractivity contribution is 0.481. The fraction of sp³-hybridized carbons (Fsp3) is 0.632. The summed E-state index contributed by atoms with van der Waals surface area (Å²) in [4.78, 5) is 4.64. The Morgan fingerprint density at radius 3 is 2.19 bits per heavy atom. The Balaban J connectivity index is 0.00000676. The van der Waals surface area contributed by atoms with E-state index in [0.29, 0.717) is 18.5 Å². The summed E-state index contributed by atoms with van der Waals surface area (Å²) in [5.74, 6) is 1.19. The molecule has 1 aromatic rings. The van der Waals surface area contributed by atoms with Crippen LogP contribution in [0.1, 0.15) is 52.7 Å². The highest BCUT2D eigenvalue weighted by atomic mass is 127. The van der Waals surface area contributed by atoms with Gasteiger partial charge < -0.3 is 10.6 Å². The maximum absolute atomic E-state index is 12.3. The fourth-order valence-corrected chi connectivity index (χ4v) is 3.82. The molecule has 0 heterocycles. The second kappa shape index (κ2) is 12.6. The maximum atomic E-state index is 12.3. The average molecular weight is 510 g/mol. The van der Waals surface area contributed by atoms with Gasteiger partial charge in [0.25, 0.3) is 0 Å². The Hall–Kier alpha value is -0.870. The van der Waals surface area contributed by atoms with Gasteiger partial charge in [-0.1, -0.05) is 38.1 Å². The zero-order chi connectivity index (χ0) is 19.7. The van der Waals surface area contributed by atoms with E-state index in [2.05, 4.69) is 41.1 Å². The number of hydrogen-bond donors (Lipinski definition) is 3. The molecule has 0 bridgehead atoms. The Labute approximate surface area is 182 Å². The third-order valence-electron chi connectivity index (χ3n) is 4.00. The first kappa shape index (κ1) is 26.1. The highest BCUT2D eigenvalue weighted by molar-refractivity contribution is 14.0. The summed E-state index contributed by atoms with van der Waals surface area (Å²) in [5, 5.41) is 6.63. The van der Waals surface area contributed by atoms with Crippen molar-refractivity contribution in [2.45, 2.75) is 65.9 Å². The van der Waals surface area contributed by atoms with Gasteiger partial charge in [-0.15, -0.1) is 24.0 Å². The van der Waals surface area contributed by atoms with Crippen LogP contribution in [0.3, 0.4) is 0 Å². The first-order valence-corrected chi connectivity index (χ1v) is 10.9. The minimum Gasteiger partial charge on any atom is -0.357 e. The van der Waals surface area contributed by atoms with Crippen LogP contribution in [0.25, 0.3) is 0 Å².